The molecule has 0 saturated heterocycles. The van der Waals surface area contributed by atoms with Crippen LogP contribution in [0.25, 0.3) is 10.9 Å². The van der Waals surface area contributed by atoms with E-state index in [0.29, 0.717) is 22.5 Å². The normalized spacial score (nSPS) is 11.0. The monoisotopic (exact) mass is 379 g/mol. The van der Waals surface area contributed by atoms with Crippen molar-refractivity contribution in [3.05, 3.63) is 81.0 Å². The van der Waals surface area contributed by atoms with E-state index in [0.717, 1.165) is 10.3 Å². The number of H-pyrrole nitrogens is 1. The Morgan fingerprint density at radius 2 is 2.00 bits per heavy atom. The van der Waals surface area contributed by atoms with Crippen molar-refractivity contribution in [1.82, 2.24) is 19.3 Å². The first-order valence-corrected chi connectivity index (χ1v) is 8.59. The van der Waals surface area contributed by atoms with Gasteiger partial charge in [-0.05, 0) is 31.2 Å². The highest BCUT2D eigenvalue weighted by Crippen LogP contribution is 2.10. The molecule has 0 radical (unpaired) electrons. The Balaban J connectivity index is 1.77. The Kier molecular flexibility index (Phi) is 4.40. The van der Waals surface area contributed by atoms with Crippen molar-refractivity contribution in [3.63, 3.8) is 0 Å². The molecule has 0 bridgehead atoms. The highest BCUT2D eigenvalue weighted by Gasteiger charge is 2.16. The van der Waals surface area contributed by atoms with Gasteiger partial charge < -0.3 is 9.73 Å². The molecule has 3 heterocycles. The summed E-state index contributed by atoms with van der Waals surface area (Å²) in [5, 5.41) is 9.66. The molecule has 0 spiro atoms. The van der Waals surface area contributed by atoms with Gasteiger partial charge in [0.25, 0.3) is 5.56 Å². The van der Waals surface area contributed by atoms with Gasteiger partial charge in [-0.25, -0.2) is 4.79 Å². The van der Waals surface area contributed by atoms with Crippen molar-refractivity contribution in [3.8, 4) is 0 Å². The Labute approximate surface area is 158 Å². The predicted molar refractivity (Wildman–Crippen MR) is 102 cm³/mol. The average molecular weight is 379 g/mol. The van der Waals surface area contributed by atoms with E-state index in [1.54, 1.807) is 42.5 Å². The van der Waals surface area contributed by atoms with E-state index >= 15 is 0 Å². The lowest BCUT2D eigenvalue weighted by atomic mass is 10.2. The minimum absolute atomic E-state index is 0.0182. The summed E-state index contributed by atoms with van der Waals surface area (Å²) in [4.78, 5) is 38.3. The summed E-state index contributed by atoms with van der Waals surface area (Å²) in [5.74, 6) is 0.406. The van der Waals surface area contributed by atoms with Crippen molar-refractivity contribution < 1.29 is 9.21 Å². The maximum atomic E-state index is 13.0. The third kappa shape index (κ3) is 3.25. The van der Waals surface area contributed by atoms with Crippen LogP contribution in [-0.4, -0.2) is 25.2 Å². The van der Waals surface area contributed by atoms with Crippen LogP contribution in [0.1, 0.15) is 11.5 Å². The molecule has 0 atom stereocenters. The fourth-order valence-corrected chi connectivity index (χ4v) is 3.03. The number of amides is 1. The molecule has 0 aliphatic heterocycles. The maximum Gasteiger partial charge on any atom is 0.332 e. The lowest BCUT2D eigenvalue weighted by Crippen LogP contribution is -2.42. The molecule has 4 aromatic rings. The molecule has 9 heteroatoms. The third-order valence-electron chi connectivity index (χ3n) is 4.30. The molecule has 9 nitrogen and oxygen atoms in total. The number of rotatable bonds is 5. The van der Waals surface area contributed by atoms with E-state index < -0.39 is 17.2 Å². The van der Waals surface area contributed by atoms with Crippen LogP contribution in [0.3, 0.4) is 0 Å². The summed E-state index contributed by atoms with van der Waals surface area (Å²) in [6.07, 6.45) is 1.47. The zero-order chi connectivity index (χ0) is 19.7. The molecule has 3 aromatic heterocycles. The fraction of sp³-hybridized carbons (Fsp3) is 0.158. The van der Waals surface area contributed by atoms with E-state index in [4.69, 9.17) is 4.42 Å². The molecule has 0 fully saturated rings. The lowest BCUT2D eigenvalue weighted by molar-refractivity contribution is -0.116. The van der Waals surface area contributed by atoms with Gasteiger partial charge in [0.2, 0.25) is 5.91 Å². The van der Waals surface area contributed by atoms with Crippen LogP contribution in [0, 0.1) is 6.92 Å². The summed E-state index contributed by atoms with van der Waals surface area (Å²) in [5.41, 5.74) is 0.163. The Morgan fingerprint density at radius 1 is 1.18 bits per heavy atom. The first-order chi connectivity index (χ1) is 13.5. The number of aromatic amines is 1. The van der Waals surface area contributed by atoms with Crippen molar-refractivity contribution >= 4 is 22.6 Å². The Hall–Kier alpha value is -3.88. The predicted octanol–water partition coefficient (Wildman–Crippen LogP) is 1.47. The number of furan rings is 1. The quantitative estimate of drug-likeness (QED) is 0.545. The van der Waals surface area contributed by atoms with E-state index in [2.05, 4.69) is 15.5 Å². The maximum absolute atomic E-state index is 13.0. The molecule has 1 aromatic carbocycles. The Morgan fingerprint density at radius 3 is 2.71 bits per heavy atom. The van der Waals surface area contributed by atoms with Crippen molar-refractivity contribution in [2.24, 2.45) is 0 Å². The van der Waals surface area contributed by atoms with Gasteiger partial charge in [-0.2, -0.15) is 5.10 Å². The van der Waals surface area contributed by atoms with E-state index in [1.165, 1.54) is 10.8 Å². The summed E-state index contributed by atoms with van der Waals surface area (Å²) in [6.45, 7) is 1.53. The minimum Gasteiger partial charge on any atom is -0.467 e. The van der Waals surface area contributed by atoms with Gasteiger partial charge >= 0.3 is 5.69 Å². The standard InChI is InChI=1S/C19H17N5O4/c1-12-9-16(22-21-12)20-17(25)11-23-15-7-3-2-6-14(15)18(26)24(19(23)27)10-13-5-4-8-28-13/h2-9H,10-11H2,1H3,(H2,20,21,22,25). The number of nitrogens with zero attached hydrogens (tertiary/aromatic N) is 3. The van der Waals surface area contributed by atoms with Crippen LogP contribution in [0.5, 0.6) is 0 Å². The summed E-state index contributed by atoms with van der Waals surface area (Å²) >= 11 is 0. The number of hydrogen-bond acceptors (Lipinski definition) is 5. The van der Waals surface area contributed by atoms with Crippen LogP contribution in [0.2, 0.25) is 0 Å². The first kappa shape index (κ1) is 17.5. The molecule has 0 saturated carbocycles. The summed E-state index contributed by atoms with van der Waals surface area (Å²) in [6, 6.07) is 11.7. The van der Waals surface area contributed by atoms with Gasteiger partial charge in [0.15, 0.2) is 5.82 Å². The number of fused-ring (bicyclic) bond motifs is 1. The number of benzene rings is 1. The molecule has 28 heavy (non-hydrogen) atoms. The van der Waals surface area contributed by atoms with E-state index in [-0.39, 0.29) is 13.1 Å². The van der Waals surface area contributed by atoms with Crippen molar-refractivity contribution in [1.29, 1.82) is 0 Å². The number of carbonyl (C=O) groups excluding carboxylic acids is 1. The van der Waals surface area contributed by atoms with Crippen LogP contribution in [-0.2, 0) is 17.9 Å². The van der Waals surface area contributed by atoms with Gasteiger partial charge in [-0.1, -0.05) is 12.1 Å². The van der Waals surface area contributed by atoms with Crippen LogP contribution in [0.4, 0.5) is 5.82 Å². The van der Waals surface area contributed by atoms with Gasteiger partial charge in [-0.3, -0.25) is 23.8 Å². The second kappa shape index (κ2) is 7.03. The number of para-hydroxylation sites is 1. The summed E-state index contributed by atoms with van der Waals surface area (Å²) in [7, 11) is 0. The van der Waals surface area contributed by atoms with Crippen LogP contribution in [0.15, 0.2) is 62.7 Å². The second-order valence-electron chi connectivity index (χ2n) is 6.34. The highest BCUT2D eigenvalue weighted by molar-refractivity contribution is 5.90. The van der Waals surface area contributed by atoms with Gasteiger partial charge in [-0.15, -0.1) is 0 Å². The minimum atomic E-state index is -0.589. The van der Waals surface area contributed by atoms with E-state index in [1.807, 2.05) is 6.92 Å². The van der Waals surface area contributed by atoms with Crippen LogP contribution >= 0.6 is 0 Å². The molecule has 142 valence electrons. The number of aromatic nitrogens is 4. The third-order valence-corrected chi connectivity index (χ3v) is 4.30. The zero-order valence-electron chi connectivity index (χ0n) is 15.0. The van der Waals surface area contributed by atoms with E-state index in [9.17, 15) is 14.4 Å². The molecular formula is C19H17N5O4. The number of anilines is 1. The fourth-order valence-electron chi connectivity index (χ4n) is 3.03. The number of hydrogen-bond donors (Lipinski definition) is 2. The smallest absolute Gasteiger partial charge is 0.332 e. The van der Waals surface area contributed by atoms with Crippen molar-refractivity contribution in [2.75, 3.05) is 5.32 Å². The largest absolute Gasteiger partial charge is 0.467 e. The zero-order valence-corrected chi connectivity index (χ0v) is 15.0. The highest BCUT2D eigenvalue weighted by atomic mass is 16.3. The number of nitrogens with one attached hydrogen (secondary N) is 2. The summed E-state index contributed by atoms with van der Waals surface area (Å²) < 4.78 is 7.60. The van der Waals surface area contributed by atoms with Gasteiger partial charge in [0.05, 0.1) is 23.7 Å². The molecular weight excluding hydrogens is 362 g/mol. The molecule has 4 rings (SSSR count). The van der Waals surface area contributed by atoms with Gasteiger partial charge in [0, 0.05) is 11.8 Å². The Bertz CT molecular complexity index is 1260. The topological polar surface area (TPSA) is 115 Å². The second-order valence-corrected chi connectivity index (χ2v) is 6.34. The number of carbonyl (C=O) groups is 1. The van der Waals surface area contributed by atoms with Crippen molar-refractivity contribution in [2.45, 2.75) is 20.0 Å². The molecule has 0 aliphatic rings. The van der Waals surface area contributed by atoms with Crippen LogP contribution < -0.4 is 16.6 Å². The lowest BCUT2D eigenvalue weighted by Gasteiger charge is -2.13. The molecule has 1 amide bonds. The molecule has 2 N–H and O–H groups in total. The molecule has 0 unspecified atom stereocenters. The average Bonchev–Trinajstić information content (AvgIpc) is 3.34. The number of aryl methyl sites for hydroxylation is 1. The SMILES string of the molecule is Cc1cc(NC(=O)Cn2c(=O)n(Cc3ccco3)c(=O)c3ccccc32)n[nH]1. The van der Waals surface area contributed by atoms with Gasteiger partial charge in [0.1, 0.15) is 12.3 Å². The molecule has 0 aliphatic carbocycles. The first-order valence-electron chi connectivity index (χ1n) is 8.59.